The number of aromatic amines is 2. The number of nitrogens with zero attached hydrogens (tertiary/aromatic N) is 4. The third-order valence-electron chi connectivity index (χ3n) is 8.95. The quantitative estimate of drug-likeness (QED) is 0.0586. The second kappa shape index (κ2) is 16.2. The number of fused-ring (bicyclic) bond motifs is 2. The van der Waals surface area contributed by atoms with Crippen LogP contribution in [0, 0.1) is 0 Å². The Morgan fingerprint density at radius 2 is 1.43 bits per heavy atom. The summed E-state index contributed by atoms with van der Waals surface area (Å²) in [5, 5.41) is 70.4. The zero-order valence-corrected chi connectivity index (χ0v) is 28.1. The number of benzene rings is 2. The van der Waals surface area contributed by atoms with E-state index in [0.29, 0.717) is 53.3 Å². The van der Waals surface area contributed by atoms with Crippen LogP contribution in [0.2, 0.25) is 0 Å². The van der Waals surface area contributed by atoms with Crippen molar-refractivity contribution in [2.75, 3.05) is 13.1 Å². The van der Waals surface area contributed by atoms with Crippen LogP contribution in [0.4, 0.5) is 0 Å². The average Bonchev–Trinajstić information content (AvgIpc) is 3.78. The third kappa shape index (κ3) is 8.30. The number of carbonyl (C=O) groups is 4. The minimum absolute atomic E-state index is 0.0359. The molecule has 3 atom stereocenters. The number of aryl methyl sites for hydroxylation is 1. The van der Waals surface area contributed by atoms with Crippen molar-refractivity contribution in [3.8, 4) is 11.5 Å². The predicted octanol–water partition coefficient (Wildman–Crippen LogP) is -2.09. The topological polar surface area (TPSA) is 313 Å². The fourth-order valence-corrected chi connectivity index (χ4v) is 6.33. The largest absolute Gasteiger partial charge is 0.547 e. The molecule has 4 heterocycles. The van der Waals surface area contributed by atoms with Gasteiger partial charge in [0.25, 0.3) is 0 Å². The Labute approximate surface area is 301 Å². The summed E-state index contributed by atoms with van der Waals surface area (Å²) in [6.45, 7) is 0.549. The molecular weight excluding hydrogens is 694 g/mol. The van der Waals surface area contributed by atoms with Crippen LogP contribution in [0.15, 0.2) is 36.4 Å². The summed E-state index contributed by atoms with van der Waals surface area (Å²) in [5.41, 5.74) is 8.23. The second-order valence-electron chi connectivity index (χ2n) is 12.5. The summed E-state index contributed by atoms with van der Waals surface area (Å²) in [6, 6.07) is 8.08. The van der Waals surface area contributed by atoms with E-state index in [9.17, 15) is 39.4 Å². The normalized spacial score (nSPS) is 16.8. The number of carboxylic acids is 2. The molecular formula is C31H36B2N10O10. The van der Waals surface area contributed by atoms with E-state index in [1.165, 1.54) is 12.1 Å². The number of para-hydroxylation sites is 2. The summed E-state index contributed by atoms with van der Waals surface area (Å²) in [5.74, 6) is -5.16. The molecule has 22 heteroatoms. The maximum Gasteiger partial charge on any atom is 0.547 e. The first-order valence-electron chi connectivity index (χ1n) is 16.8. The molecule has 0 bridgehead atoms. The molecule has 4 aromatic rings. The molecule has 0 radical (unpaired) electrons. The molecule has 0 saturated carbocycles. The first kappa shape index (κ1) is 36.9. The lowest BCUT2D eigenvalue weighted by Crippen LogP contribution is -2.55. The Hall–Kier alpha value is -5.83. The minimum atomic E-state index is -1.54. The van der Waals surface area contributed by atoms with Gasteiger partial charge in [-0.2, -0.15) is 0 Å². The number of carboxylic acid groups (broad SMARTS) is 2. The van der Waals surface area contributed by atoms with E-state index in [1.807, 2.05) is 0 Å². The average molecular weight is 730 g/mol. The van der Waals surface area contributed by atoms with Gasteiger partial charge in [-0.15, -0.1) is 10.2 Å². The first-order chi connectivity index (χ1) is 25.5. The second-order valence-corrected chi connectivity index (χ2v) is 12.5. The number of rotatable bonds is 15. The fourth-order valence-electron chi connectivity index (χ4n) is 6.33. The highest BCUT2D eigenvalue weighted by atomic mass is 16.5. The van der Waals surface area contributed by atoms with Crippen LogP contribution in [0.5, 0.6) is 11.5 Å². The summed E-state index contributed by atoms with van der Waals surface area (Å²) in [6.07, 6.45) is 1.31. The molecule has 6 rings (SSSR count). The highest BCUT2D eigenvalue weighted by Gasteiger charge is 2.40. The Balaban J connectivity index is 1.10. The molecule has 276 valence electrons. The van der Waals surface area contributed by atoms with Gasteiger partial charge < -0.3 is 51.3 Å². The molecule has 2 aromatic heterocycles. The third-order valence-corrected chi connectivity index (χ3v) is 8.95. The van der Waals surface area contributed by atoms with Gasteiger partial charge in [0.2, 0.25) is 11.8 Å². The number of nitrogens with two attached hydrogens (primary N) is 1. The lowest BCUT2D eigenvalue weighted by atomic mass is 9.72. The number of amides is 2. The minimum Gasteiger partial charge on any atom is -0.534 e. The lowest BCUT2D eigenvalue weighted by Gasteiger charge is -2.30. The number of nitrogens with one attached hydrogen (secondary N) is 5. The van der Waals surface area contributed by atoms with E-state index in [2.05, 4.69) is 46.8 Å². The lowest BCUT2D eigenvalue weighted by molar-refractivity contribution is -0.124. The zero-order valence-electron chi connectivity index (χ0n) is 28.1. The Morgan fingerprint density at radius 3 is 2.04 bits per heavy atom. The van der Waals surface area contributed by atoms with Crippen LogP contribution in [-0.4, -0.2) is 114 Å². The standard InChI is InChI=1S/C31H36B2N10O10/c34-10-3-8-20-25(41-43-39-20)26(29(45)37-23-13-16-5-2-7-18(31(48)49)28(16)53-33(23)51)35-11-9-19-21(40-42-38-19)14-24(44)36-22-12-15-4-1-6-17(30(46)47)27(15)52-32(22)50/h1-2,4-7,22-23,26,35,50-51H,3,8-14,34H2,(H,36,44)(H,37,45)(H,46,47)(H,48,49)(H,38,40,42)(H,39,41,43)/t22-,23-,26?/m0/s1. The molecule has 53 heavy (non-hydrogen) atoms. The Kier molecular flexibility index (Phi) is 11.3. The van der Waals surface area contributed by atoms with Gasteiger partial charge >= 0.3 is 26.2 Å². The fraction of sp³-hybridized carbons (Fsp3) is 0.355. The molecule has 0 saturated heterocycles. The Bertz CT molecular complexity index is 1990. The number of aromatic nitrogens is 6. The van der Waals surface area contributed by atoms with Crippen LogP contribution >= 0.6 is 0 Å². The van der Waals surface area contributed by atoms with Crippen molar-refractivity contribution in [2.45, 2.75) is 56.4 Å². The highest BCUT2D eigenvalue weighted by Crippen LogP contribution is 2.31. The van der Waals surface area contributed by atoms with Gasteiger partial charge in [0.05, 0.1) is 46.5 Å². The maximum atomic E-state index is 13.8. The van der Waals surface area contributed by atoms with Gasteiger partial charge in [-0.1, -0.05) is 34.7 Å². The molecule has 0 aliphatic carbocycles. The van der Waals surface area contributed by atoms with Crippen molar-refractivity contribution in [1.29, 1.82) is 0 Å². The smallest absolute Gasteiger partial charge is 0.534 e. The zero-order chi connectivity index (χ0) is 37.6. The van der Waals surface area contributed by atoms with Crippen molar-refractivity contribution in [2.24, 2.45) is 5.73 Å². The van der Waals surface area contributed by atoms with E-state index >= 15 is 0 Å². The first-order valence-corrected chi connectivity index (χ1v) is 16.8. The number of carbonyl (C=O) groups excluding carboxylic acids is 2. The van der Waals surface area contributed by atoms with E-state index in [-0.39, 0.29) is 54.9 Å². The van der Waals surface area contributed by atoms with Crippen LogP contribution < -0.4 is 31.0 Å². The van der Waals surface area contributed by atoms with Crippen molar-refractivity contribution >= 4 is 38.0 Å². The van der Waals surface area contributed by atoms with Gasteiger partial charge in [-0.05, 0) is 55.5 Å². The van der Waals surface area contributed by atoms with Crippen LogP contribution in [-0.2, 0) is 41.7 Å². The SMILES string of the molecule is NCCCc1[nH]nnc1C(NCCc1[nH]nnc1CC(=O)N[C@H]1Cc2cccc(C(=O)O)c2OB1O)C(=O)N[C@H]1Cc2cccc(C(=O)O)c2OB1O. The molecule has 2 aliphatic rings. The summed E-state index contributed by atoms with van der Waals surface area (Å²) >= 11 is 0. The Morgan fingerprint density at radius 1 is 0.849 bits per heavy atom. The molecule has 0 spiro atoms. The van der Waals surface area contributed by atoms with Crippen LogP contribution in [0.1, 0.15) is 67.1 Å². The number of hydrogen-bond donors (Lipinski definition) is 10. The molecule has 20 nitrogen and oxygen atoms in total. The molecule has 2 amide bonds. The van der Waals surface area contributed by atoms with Crippen LogP contribution in [0.3, 0.4) is 0 Å². The van der Waals surface area contributed by atoms with Gasteiger partial charge in [0.15, 0.2) is 0 Å². The predicted molar refractivity (Wildman–Crippen MR) is 184 cm³/mol. The molecule has 2 aliphatic heterocycles. The molecule has 2 aromatic carbocycles. The van der Waals surface area contributed by atoms with E-state index in [1.54, 1.807) is 24.3 Å². The van der Waals surface area contributed by atoms with Crippen molar-refractivity contribution < 1.29 is 48.7 Å². The monoisotopic (exact) mass is 730 g/mol. The van der Waals surface area contributed by atoms with E-state index in [4.69, 9.17) is 15.0 Å². The summed E-state index contributed by atoms with van der Waals surface area (Å²) < 4.78 is 11.0. The number of aromatic carboxylic acids is 2. The van der Waals surface area contributed by atoms with Gasteiger partial charge in [-0.3, -0.25) is 19.8 Å². The van der Waals surface area contributed by atoms with Gasteiger partial charge in [0, 0.05) is 13.0 Å². The number of H-pyrrole nitrogens is 2. The number of hydrogen-bond acceptors (Lipinski definition) is 14. The van der Waals surface area contributed by atoms with E-state index in [0.717, 1.165) is 0 Å². The van der Waals surface area contributed by atoms with Crippen molar-refractivity contribution in [1.82, 2.24) is 46.8 Å². The maximum absolute atomic E-state index is 13.8. The van der Waals surface area contributed by atoms with Gasteiger partial charge in [-0.25, -0.2) is 9.59 Å². The van der Waals surface area contributed by atoms with Crippen LogP contribution in [0.25, 0.3) is 0 Å². The van der Waals surface area contributed by atoms with Crippen molar-refractivity contribution in [3.05, 3.63) is 81.4 Å². The molecule has 11 N–H and O–H groups in total. The molecule has 0 fully saturated rings. The summed E-state index contributed by atoms with van der Waals surface area (Å²) in [4.78, 5) is 50.1. The van der Waals surface area contributed by atoms with Gasteiger partial charge in [0.1, 0.15) is 23.2 Å². The van der Waals surface area contributed by atoms with Crippen molar-refractivity contribution in [3.63, 3.8) is 0 Å². The van der Waals surface area contributed by atoms with E-state index < -0.39 is 55.9 Å². The summed E-state index contributed by atoms with van der Waals surface area (Å²) in [7, 11) is -3.02. The molecule has 1 unspecified atom stereocenters. The highest BCUT2D eigenvalue weighted by molar-refractivity contribution is 6.47.